The Hall–Kier alpha value is -1.62. The quantitative estimate of drug-likeness (QED) is 0.763. The van der Waals surface area contributed by atoms with Crippen molar-refractivity contribution in [1.29, 1.82) is 0 Å². The molecule has 3 nitrogen and oxygen atoms in total. The first kappa shape index (κ1) is 8.96. The van der Waals surface area contributed by atoms with Crippen LogP contribution in [0.1, 0.15) is 10.4 Å². The van der Waals surface area contributed by atoms with Crippen molar-refractivity contribution >= 4 is 27.4 Å². The molecule has 0 aliphatic heterocycles. The lowest BCUT2D eigenvalue weighted by Gasteiger charge is -1.97. The molecule has 0 bridgehead atoms. The maximum atomic E-state index is 13.3. The van der Waals surface area contributed by atoms with Crippen LogP contribution in [0, 0.1) is 5.82 Å². The van der Waals surface area contributed by atoms with Crippen molar-refractivity contribution in [2.75, 3.05) is 0 Å². The summed E-state index contributed by atoms with van der Waals surface area (Å²) in [6.45, 7) is 0. The van der Waals surface area contributed by atoms with Gasteiger partial charge in [0.15, 0.2) is 0 Å². The summed E-state index contributed by atoms with van der Waals surface area (Å²) in [5, 5.41) is 19.4. The van der Waals surface area contributed by atoms with Gasteiger partial charge in [0.25, 0.3) is 0 Å². The molecule has 1 heterocycles. The zero-order valence-corrected chi connectivity index (χ0v) is 7.64. The van der Waals surface area contributed by atoms with Gasteiger partial charge < -0.3 is 10.2 Å². The molecule has 0 unspecified atom stereocenters. The molecule has 0 atom stereocenters. The summed E-state index contributed by atoms with van der Waals surface area (Å²) in [7, 11) is 0. The van der Waals surface area contributed by atoms with Crippen LogP contribution in [0.2, 0.25) is 0 Å². The van der Waals surface area contributed by atoms with Crippen LogP contribution in [0.5, 0.6) is 5.75 Å². The van der Waals surface area contributed by atoms with E-state index in [1.165, 1.54) is 11.4 Å². The zero-order chi connectivity index (χ0) is 10.3. The third-order valence-electron chi connectivity index (χ3n) is 1.88. The fraction of sp³-hybridized carbons (Fsp3) is 0. The third-order valence-corrected chi connectivity index (χ3v) is 2.88. The number of rotatable bonds is 1. The van der Waals surface area contributed by atoms with Gasteiger partial charge in [0.2, 0.25) is 0 Å². The number of aromatic carboxylic acids is 1. The highest BCUT2D eigenvalue weighted by Gasteiger charge is 2.16. The molecule has 0 fully saturated rings. The predicted molar refractivity (Wildman–Crippen MR) is 50.4 cm³/mol. The zero-order valence-electron chi connectivity index (χ0n) is 6.82. The fourth-order valence-electron chi connectivity index (χ4n) is 1.25. The van der Waals surface area contributed by atoms with Crippen molar-refractivity contribution in [3.05, 3.63) is 28.9 Å². The molecular formula is C9H5FO3S. The lowest BCUT2D eigenvalue weighted by molar-refractivity contribution is 0.0699. The van der Waals surface area contributed by atoms with E-state index in [1.807, 2.05) is 0 Å². The second kappa shape index (κ2) is 2.95. The number of carboxylic acid groups (broad SMARTS) is 1. The molecule has 0 saturated heterocycles. The number of benzene rings is 1. The molecule has 1 aromatic carbocycles. The Bertz CT molecular complexity index is 518. The average Bonchev–Trinajstić information content (AvgIpc) is 2.56. The van der Waals surface area contributed by atoms with E-state index in [4.69, 9.17) is 5.11 Å². The van der Waals surface area contributed by atoms with Gasteiger partial charge in [0.1, 0.15) is 11.6 Å². The summed E-state index contributed by atoms with van der Waals surface area (Å²) in [5.74, 6) is -1.92. The number of carbonyl (C=O) groups is 1. The number of hydrogen-bond acceptors (Lipinski definition) is 3. The number of fused-ring (bicyclic) bond motifs is 1. The molecule has 0 aliphatic carbocycles. The van der Waals surface area contributed by atoms with Crippen LogP contribution in [0.4, 0.5) is 4.39 Å². The van der Waals surface area contributed by atoms with Gasteiger partial charge in [0, 0.05) is 10.8 Å². The summed E-state index contributed by atoms with van der Waals surface area (Å²) in [5.41, 5.74) is -0.113. The van der Waals surface area contributed by atoms with Gasteiger partial charge in [-0.3, -0.25) is 0 Å². The smallest absolute Gasteiger partial charge is 0.337 e. The molecule has 0 radical (unpaired) electrons. The number of carboxylic acids is 1. The Morgan fingerprint density at radius 2 is 2.14 bits per heavy atom. The van der Waals surface area contributed by atoms with Crippen LogP contribution in [-0.2, 0) is 0 Å². The number of halogens is 1. The lowest BCUT2D eigenvalue weighted by Crippen LogP contribution is -1.94. The second-order valence-corrected chi connectivity index (χ2v) is 3.60. The van der Waals surface area contributed by atoms with Gasteiger partial charge in [-0.15, -0.1) is 11.3 Å². The average molecular weight is 212 g/mol. The van der Waals surface area contributed by atoms with Crippen molar-refractivity contribution < 1.29 is 19.4 Å². The molecular weight excluding hydrogens is 207 g/mol. The van der Waals surface area contributed by atoms with Gasteiger partial charge in [-0.1, -0.05) is 0 Å². The van der Waals surface area contributed by atoms with E-state index in [0.717, 1.165) is 17.4 Å². The molecule has 72 valence electrons. The van der Waals surface area contributed by atoms with E-state index >= 15 is 0 Å². The third kappa shape index (κ3) is 1.13. The first-order valence-corrected chi connectivity index (χ1v) is 4.61. The molecule has 5 heteroatoms. The Morgan fingerprint density at radius 1 is 1.43 bits per heavy atom. The number of thiophene rings is 1. The Labute approximate surface area is 82.0 Å². The highest BCUT2D eigenvalue weighted by Crippen LogP contribution is 2.34. The van der Waals surface area contributed by atoms with E-state index in [0.29, 0.717) is 0 Å². The largest absolute Gasteiger partial charge is 0.506 e. The first-order valence-electron chi connectivity index (χ1n) is 3.73. The van der Waals surface area contributed by atoms with E-state index in [2.05, 4.69) is 0 Å². The summed E-state index contributed by atoms with van der Waals surface area (Å²) in [6, 6.07) is 2.26. The summed E-state index contributed by atoms with van der Waals surface area (Å²) in [4.78, 5) is 10.7. The predicted octanol–water partition coefficient (Wildman–Crippen LogP) is 2.44. The number of phenolic OH excluding ortho intramolecular Hbond substituents is 1. The van der Waals surface area contributed by atoms with Crippen molar-refractivity contribution in [3.63, 3.8) is 0 Å². The fourth-order valence-corrected chi connectivity index (χ4v) is 2.22. The molecule has 0 aliphatic rings. The number of hydrogen-bond donors (Lipinski definition) is 2. The highest BCUT2D eigenvalue weighted by molar-refractivity contribution is 7.18. The van der Waals surface area contributed by atoms with Gasteiger partial charge >= 0.3 is 5.97 Å². The standard InChI is InChI=1S/C9H5FO3S/c10-5-1-2-6(11)8-7(5)4(3-14-8)9(12)13/h1-3,11H,(H,12,13). The van der Waals surface area contributed by atoms with Crippen LogP contribution in [0.25, 0.3) is 10.1 Å². The molecule has 14 heavy (non-hydrogen) atoms. The summed E-state index contributed by atoms with van der Waals surface area (Å²) in [6.07, 6.45) is 0. The van der Waals surface area contributed by atoms with E-state index in [9.17, 15) is 14.3 Å². The molecule has 0 spiro atoms. The maximum Gasteiger partial charge on any atom is 0.337 e. The van der Waals surface area contributed by atoms with Crippen LogP contribution in [0.15, 0.2) is 17.5 Å². The van der Waals surface area contributed by atoms with E-state index in [-0.39, 0.29) is 21.4 Å². The van der Waals surface area contributed by atoms with Crippen molar-refractivity contribution in [2.24, 2.45) is 0 Å². The monoisotopic (exact) mass is 212 g/mol. The van der Waals surface area contributed by atoms with Gasteiger partial charge in [-0.2, -0.15) is 0 Å². The molecule has 2 aromatic rings. The normalized spacial score (nSPS) is 10.6. The van der Waals surface area contributed by atoms with Crippen LogP contribution in [0.3, 0.4) is 0 Å². The maximum absolute atomic E-state index is 13.3. The highest BCUT2D eigenvalue weighted by atomic mass is 32.1. The molecule has 2 rings (SSSR count). The van der Waals surface area contributed by atoms with Crippen molar-refractivity contribution in [1.82, 2.24) is 0 Å². The topological polar surface area (TPSA) is 57.5 Å². The Balaban J connectivity index is 2.90. The molecule has 0 saturated carbocycles. The van der Waals surface area contributed by atoms with Crippen LogP contribution in [-0.4, -0.2) is 16.2 Å². The van der Waals surface area contributed by atoms with Crippen LogP contribution >= 0.6 is 11.3 Å². The summed E-state index contributed by atoms with van der Waals surface area (Å²) >= 11 is 1.01. The number of aromatic hydroxyl groups is 1. The molecule has 0 amide bonds. The first-order chi connectivity index (χ1) is 6.61. The number of phenols is 1. The van der Waals surface area contributed by atoms with Gasteiger partial charge in [-0.05, 0) is 12.1 Å². The Morgan fingerprint density at radius 3 is 2.79 bits per heavy atom. The van der Waals surface area contributed by atoms with Gasteiger partial charge in [-0.25, -0.2) is 9.18 Å². The lowest BCUT2D eigenvalue weighted by atomic mass is 10.1. The van der Waals surface area contributed by atoms with Crippen molar-refractivity contribution in [3.8, 4) is 5.75 Å². The van der Waals surface area contributed by atoms with Crippen LogP contribution < -0.4 is 0 Å². The van der Waals surface area contributed by atoms with Crippen molar-refractivity contribution in [2.45, 2.75) is 0 Å². The minimum Gasteiger partial charge on any atom is -0.506 e. The minimum absolute atomic E-state index is 0.0255. The van der Waals surface area contributed by atoms with E-state index < -0.39 is 11.8 Å². The second-order valence-electron chi connectivity index (χ2n) is 2.73. The molecule has 2 N–H and O–H groups in total. The van der Waals surface area contributed by atoms with E-state index in [1.54, 1.807) is 0 Å². The minimum atomic E-state index is -1.19. The SMILES string of the molecule is O=C(O)c1csc2c(O)ccc(F)c12. The molecule has 1 aromatic heterocycles. The van der Waals surface area contributed by atoms with Gasteiger partial charge in [0.05, 0.1) is 10.3 Å². The Kier molecular flexibility index (Phi) is 1.89. The summed E-state index contributed by atoms with van der Waals surface area (Å²) < 4.78 is 13.5.